The minimum atomic E-state index is -1.21. The first kappa shape index (κ1) is 41.4. The van der Waals surface area contributed by atoms with Gasteiger partial charge in [-0.3, -0.25) is 14.4 Å². The molecule has 19 atom stereocenters. The SMILES string of the molecule is CO[C@H]1[C@@H](O)[C@H](O[C@@H]2[C@@H](C)O[C@@H](O[C@H]3CC[C@@]4(C)[C@@H](CC[C@@]56O[C@@]57CC[C@@H](C(C)=O)[C@@]7(C)[C@H](OC(C)=O)[C@@H](OC(=O)C(C)C)[C@H]46)C3)C[C@H]2OC)O[C@H](C)[C@H]1O. The molecule has 0 amide bonds. The Labute approximate surface area is 324 Å². The van der Waals surface area contributed by atoms with Crippen LogP contribution in [-0.4, -0.2) is 127 Å². The molecule has 312 valence electrons. The van der Waals surface area contributed by atoms with Gasteiger partial charge in [0.2, 0.25) is 0 Å². The Balaban J connectivity index is 1.09. The maximum atomic E-state index is 13.5. The van der Waals surface area contributed by atoms with Gasteiger partial charge in [0, 0.05) is 44.8 Å². The zero-order chi connectivity index (χ0) is 40.0. The Hall–Kier alpha value is -1.75. The van der Waals surface area contributed by atoms with E-state index in [9.17, 15) is 24.6 Å². The van der Waals surface area contributed by atoms with Gasteiger partial charge < -0.3 is 52.8 Å². The van der Waals surface area contributed by atoms with Crippen LogP contribution >= 0.6 is 0 Å². The summed E-state index contributed by atoms with van der Waals surface area (Å²) in [5.74, 6) is -1.62. The standard InChI is InChI=1S/C41H64O14/c1-19(2)36(46)53-33-34-38(7)14-12-25(52-28-18-27(47-9)31(22(5)49-28)54-37-30(45)32(48-10)29(44)21(4)50-37)17-24(38)11-15-40(34)41(55-40)16-13-26(20(3)42)39(41,8)35(33)51-23(6)43/h19,21-22,24-35,37,44-45H,11-18H2,1-10H3/t21-,22-,24+,25+,26+,27-,28+,29-,30-,31-,32-,33+,34-,35-,37+,38+,39+,40+,41-/m1/s1. The van der Waals surface area contributed by atoms with E-state index in [2.05, 4.69) is 6.92 Å². The molecule has 2 spiro atoms. The fourth-order valence-corrected chi connectivity index (χ4v) is 12.6. The number of aliphatic hydroxyl groups excluding tert-OH is 2. The third-order valence-corrected chi connectivity index (χ3v) is 15.3. The Morgan fingerprint density at radius 3 is 2.16 bits per heavy atom. The van der Waals surface area contributed by atoms with Gasteiger partial charge in [0.15, 0.2) is 12.6 Å². The number of hydrogen-bond acceptors (Lipinski definition) is 14. The number of ether oxygens (including phenoxy) is 9. The van der Waals surface area contributed by atoms with Crippen LogP contribution < -0.4 is 0 Å². The first-order valence-electron chi connectivity index (χ1n) is 20.5. The van der Waals surface area contributed by atoms with Gasteiger partial charge in [-0.1, -0.05) is 27.7 Å². The lowest BCUT2D eigenvalue weighted by Gasteiger charge is -2.61. The molecule has 4 aliphatic carbocycles. The van der Waals surface area contributed by atoms with Crippen molar-refractivity contribution in [1.29, 1.82) is 0 Å². The number of Topliss-reactive ketones (excluding diaryl/α,β-unsaturated/α-hetero) is 1. The molecular weight excluding hydrogens is 716 g/mol. The van der Waals surface area contributed by atoms with Crippen molar-refractivity contribution in [3.63, 3.8) is 0 Å². The van der Waals surface area contributed by atoms with E-state index >= 15 is 0 Å². The highest BCUT2D eigenvalue weighted by atomic mass is 16.7. The highest BCUT2D eigenvalue weighted by Gasteiger charge is 2.91. The Morgan fingerprint density at radius 1 is 0.800 bits per heavy atom. The van der Waals surface area contributed by atoms with E-state index in [1.54, 1.807) is 34.8 Å². The average Bonchev–Trinajstić information content (AvgIpc) is 3.67. The number of hydrogen-bond donors (Lipinski definition) is 2. The molecule has 3 saturated heterocycles. The molecule has 0 radical (unpaired) electrons. The predicted molar refractivity (Wildman–Crippen MR) is 193 cm³/mol. The van der Waals surface area contributed by atoms with E-state index in [1.165, 1.54) is 14.0 Å². The molecule has 0 aromatic carbocycles. The van der Waals surface area contributed by atoms with Crippen molar-refractivity contribution < 1.29 is 67.2 Å². The second kappa shape index (κ2) is 14.8. The number of rotatable bonds is 10. The van der Waals surface area contributed by atoms with E-state index in [1.807, 2.05) is 13.8 Å². The van der Waals surface area contributed by atoms with E-state index in [0.717, 1.165) is 32.1 Å². The van der Waals surface area contributed by atoms with Crippen molar-refractivity contribution in [3.8, 4) is 0 Å². The summed E-state index contributed by atoms with van der Waals surface area (Å²) in [6.07, 6.45) is -2.85. The van der Waals surface area contributed by atoms with Crippen molar-refractivity contribution in [2.75, 3.05) is 14.2 Å². The van der Waals surface area contributed by atoms with Crippen LogP contribution in [0.15, 0.2) is 0 Å². The summed E-state index contributed by atoms with van der Waals surface area (Å²) in [6.45, 7) is 14.5. The molecule has 7 rings (SSSR count). The van der Waals surface area contributed by atoms with Crippen molar-refractivity contribution >= 4 is 17.7 Å². The number of esters is 2. The molecule has 14 nitrogen and oxygen atoms in total. The minimum Gasteiger partial charge on any atom is -0.458 e. The molecule has 0 aromatic heterocycles. The summed E-state index contributed by atoms with van der Waals surface area (Å²) < 4.78 is 56.3. The molecule has 7 fully saturated rings. The third kappa shape index (κ3) is 6.34. The normalized spacial score (nSPS) is 51.6. The lowest BCUT2D eigenvalue weighted by Crippen LogP contribution is -2.70. The van der Waals surface area contributed by atoms with Gasteiger partial charge >= 0.3 is 11.9 Å². The third-order valence-electron chi connectivity index (χ3n) is 15.3. The van der Waals surface area contributed by atoms with E-state index in [4.69, 9.17) is 42.6 Å². The average molecular weight is 781 g/mol. The number of fused-ring (bicyclic) bond motifs is 2. The van der Waals surface area contributed by atoms with Gasteiger partial charge in [-0.05, 0) is 77.0 Å². The number of carbonyl (C=O) groups is 3. The monoisotopic (exact) mass is 780 g/mol. The number of carbonyl (C=O) groups excluding carboxylic acids is 3. The fraction of sp³-hybridized carbons (Fsp3) is 0.927. The molecular formula is C41H64O14. The summed E-state index contributed by atoms with van der Waals surface area (Å²) in [7, 11) is 3.04. The van der Waals surface area contributed by atoms with Crippen molar-refractivity contribution in [2.45, 2.75) is 192 Å². The predicted octanol–water partition coefficient (Wildman–Crippen LogP) is 3.63. The second-order valence-electron chi connectivity index (χ2n) is 18.4. The first-order chi connectivity index (χ1) is 25.9. The molecule has 0 unspecified atom stereocenters. The molecule has 0 bridgehead atoms. The van der Waals surface area contributed by atoms with Crippen molar-refractivity contribution in [1.82, 2.24) is 0 Å². The molecule has 7 aliphatic rings. The van der Waals surface area contributed by atoms with Crippen LogP contribution in [0, 0.1) is 34.5 Å². The highest BCUT2D eigenvalue weighted by Crippen LogP contribution is 2.81. The molecule has 14 heteroatoms. The van der Waals surface area contributed by atoms with Crippen molar-refractivity contribution in [3.05, 3.63) is 0 Å². The summed E-state index contributed by atoms with van der Waals surface area (Å²) in [5.41, 5.74) is -2.42. The highest BCUT2D eigenvalue weighted by molar-refractivity contribution is 5.81. The van der Waals surface area contributed by atoms with E-state index < -0.39 is 96.0 Å². The van der Waals surface area contributed by atoms with Gasteiger partial charge in [0.25, 0.3) is 0 Å². The number of epoxide rings is 1. The Kier molecular flexibility index (Phi) is 11.2. The van der Waals surface area contributed by atoms with Crippen LogP contribution in [0.3, 0.4) is 0 Å². The molecule has 3 heterocycles. The largest absolute Gasteiger partial charge is 0.458 e. The second-order valence-corrected chi connectivity index (χ2v) is 18.4. The van der Waals surface area contributed by atoms with Gasteiger partial charge in [-0.25, -0.2) is 0 Å². The molecule has 4 saturated carbocycles. The summed E-state index contributed by atoms with van der Waals surface area (Å²) in [5, 5.41) is 21.3. The van der Waals surface area contributed by atoms with Crippen LogP contribution in [0.25, 0.3) is 0 Å². The lowest BCUT2D eigenvalue weighted by atomic mass is 9.43. The molecule has 0 aromatic rings. The molecule has 3 aliphatic heterocycles. The topological polar surface area (TPSA) is 178 Å². The number of ketones is 1. The summed E-state index contributed by atoms with van der Waals surface area (Å²) in [6, 6.07) is 0. The maximum absolute atomic E-state index is 13.5. The van der Waals surface area contributed by atoms with Crippen LogP contribution in [0.1, 0.15) is 107 Å². The van der Waals surface area contributed by atoms with Gasteiger partial charge in [-0.2, -0.15) is 0 Å². The zero-order valence-corrected chi connectivity index (χ0v) is 34.2. The first-order valence-corrected chi connectivity index (χ1v) is 20.5. The lowest BCUT2D eigenvalue weighted by molar-refractivity contribution is -0.343. The number of aliphatic hydroxyl groups is 2. The number of methoxy groups -OCH3 is 2. The van der Waals surface area contributed by atoms with E-state index in [-0.39, 0.29) is 41.0 Å². The Bertz CT molecular complexity index is 1470. The van der Waals surface area contributed by atoms with Gasteiger partial charge in [0.1, 0.15) is 53.6 Å². The quantitative estimate of drug-likeness (QED) is 0.187. The fourth-order valence-electron chi connectivity index (χ4n) is 12.6. The molecule has 2 N–H and O–H groups in total. The minimum absolute atomic E-state index is 0.0362. The molecule has 55 heavy (non-hydrogen) atoms. The Morgan fingerprint density at radius 2 is 1.53 bits per heavy atom. The van der Waals surface area contributed by atoms with Crippen LogP contribution in [0.2, 0.25) is 0 Å². The van der Waals surface area contributed by atoms with Gasteiger partial charge in [-0.15, -0.1) is 0 Å². The van der Waals surface area contributed by atoms with Crippen molar-refractivity contribution in [2.24, 2.45) is 34.5 Å². The smallest absolute Gasteiger partial charge is 0.308 e. The van der Waals surface area contributed by atoms with Crippen LogP contribution in [0.5, 0.6) is 0 Å². The summed E-state index contributed by atoms with van der Waals surface area (Å²) in [4.78, 5) is 39.6. The van der Waals surface area contributed by atoms with Gasteiger partial charge in [0.05, 0.1) is 30.3 Å². The van der Waals surface area contributed by atoms with Crippen LogP contribution in [-0.2, 0) is 57.0 Å². The maximum Gasteiger partial charge on any atom is 0.308 e. The summed E-state index contributed by atoms with van der Waals surface area (Å²) >= 11 is 0. The van der Waals surface area contributed by atoms with Crippen LogP contribution in [0.4, 0.5) is 0 Å². The van der Waals surface area contributed by atoms with E-state index in [0.29, 0.717) is 19.3 Å². The zero-order valence-electron chi connectivity index (χ0n) is 34.2.